The van der Waals surface area contributed by atoms with Crippen molar-refractivity contribution in [2.75, 3.05) is 19.7 Å². The van der Waals surface area contributed by atoms with E-state index < -0.39 is 0 Å². The average Bonchev–Trinajstić information content (AvgIpc) is 3.04. The molecule has 0 aliphatic carbocycles. The van der Waals surface area contributed by atoms with E-state index in [1.807, 2.05) is 17.8 Å². The van der Waals surface area contributed by atoms with Gasteiger partial charge in [-0.25, -0.2) is 4.79 Å². The first-order valence-corrected chi connectivity index (χ1v) is 6.38. The lowest BCUT2D eigenvalue weighted by atomic mass is 10.1. The number of aliphatic hydroxyl groups excluding tert-OH is 1. The van der Waals surface area contributed by atoms with Gasteiger partial charge in [0.2, 0.25) is 0 Å². The molecule has 1 unspecified atom stereocenters. The quantitative estimate of drug-likeness (QED) is 0.816. The van der Waals surface area contributed by atoms with Crippen molar-refractivity contribution in [1.29, 1.82) is 0 Å². The Morgan fingerprint density at radius 2 is 2.50 bits per heavy atom. The molecule has 1 saturated heterocycles. The van der Waals surface area contributed by atoms with E-state index in [-0.39, 0.29) is 18.6 Å². The van der Waals surface area contributed by atoms with Crippen LogP contribution < -0.4 is 5.32 Å². The average molecular weight is 252 g/mol. The molecule has 100 valence electrons. The van der Waals surface area contributed by atoms with Gasteiger partial charge in [0.1, 0.15) is 0 Å². The van der Waals surface area contributed by atoms with E-state index in [4.69, 9.17) is 5.11 Å². The van der Waals surface area contributed by atoms with Gasteiger partial charge in [0.15, 0.2) is 0 Å². The van der Waals surface area contributed by atoms with Crippen molar-refractivity contribution >= 4 is 6.03 Å². The fraction of sp³-hybridized carbons (Fsp3) is 0.667. The van der Waals surface area contributed by atoms with Gasteiger partial charge in [-0.3, -0.25) is 4.68 Å². The standard InChI is InChI=1S/C12H20N4O2/c1-2-16-8-11(6-14-16)5-13-12(18)15-4-3-10(7-15)9-17/h6,8,10,17H,2-5,7,9H2,1H3,(H,13,18). The highest BCUT2D eigenvalue weighted by atomic mass is 16.3. The number of nitrogens with zero attached hydrogens (tertiary/aromatic N) is 3. The molecule has 6 nitrogen and oxygen atoms in total. The second-order valence-electron chi connectivity index (χ2n) is 4.65. The van der Waals surface area contributed by atoms with Crippen LogP contribution in [0, 0.1) is 5.92 Å². The van der Waals surface area contributed by atoms with E-state index in [1.165, 1.54) is 0 Å². The SMILES string of the molecule is CCn1cc(CNC(=O)N2CCC(CO)C2)cn1. The van der Waals surface area contributed by atoms with Crippen LogP contribution in [0.3, 0.4) is 0 Å². The maximum absolute atomic E-state index is 11.9. The molecule has 2 N–H and O–H groups in total. The Balaban J connectivity index is 1.78. The maximum atomic E-state index is 11.9. The van der Waals surface area contributed by atoms with Crippen molar-refractivity contribution in [1.82, 2.24) is 20.0 Å². The first kappa shape index (κ1) is 12.9. The Morgan fingerprint density at radius 3 is 3.11 bits per heavy atom. The Bertz CT molecular complexity index is 405. The van der Waals surface area contributed by atoms with E-state index in [9.17, 15) is 4.79 Å². The number of aryl methyl sites for hydroxylation is 1. The molecule has 0 radical (unpaired) electrons. The van der Waals surface area contributed by atoms with Gasteiger partial charge in [0.05, 0.1) is 6.20 Å². The highest BCUT2D eigenvalue weighted by Gasteiger charge is 2.25. The number of amides is 2. The minimum atomic E-state index is -0.0600. The van der Waals surface area contributed by atoms with Crippen LogP contribution in [0.25, 0.3) is 0 Å². The number of aliphatic hydroxyl groups is 1. The first-order valence-electron chi connectivity index (χ1n) is 6.38. The third kappa shape index (κ3) is 3.01. The third-order valence-electron chi connectivity index (χ3n) is 3.29. The number of aromatic nitrogens is 2. The second kappa shape index (κ2) is 5.86. The fourth-order valence-electron chi connectivity index (χ4n) is 2.13. The molecule has 0 saturated carbocycles. The lowest BCUT2D eigenvalue weighted by molar-refractivity contribution is 0.198. The number of rotatable bonds is 4. The molecule has 0 bridgehead atoms. The zero-order valence-electron chi connectivity index (χ0n) is 10.7. The fourth-order valence-corrected chi connectivity index (χ4v) is 2.13. The summed E-state index contributed by atoms with van der Waals surface area (Å²) in [5, 5.41) is 16.1. The predicted octanol–water partition coefficient (Wildman–Crippen LogP) is 0.427. The van der Waals surface area contributed by atoms with Gasteiger partial charge in [-0.15, -0.1) is 0 Å². The molecule has 2 amide bonds. The van der Waals surface area contributed by atoms with Crippen molar-refractivity contribution in [3.8, 4) is 0 Å². The van der Waals surface area contributed by atoms with E-state index in [2.05, 4.69) is 10.4 Å². The van der Waals surface area contributed by atoms with E-state index in [1.54, 1.807) is 11.1 Å². The summed E-state index contributed by atoms with van der Waals surface area (Å²) < 4.78 is 1.83. The Labute approximate surface area is 107 Å². The van der Waals surface area contributed by atoms with E-state index >= 15 is 0 Å². The molecule has 1 aromatic heterocycles. The number of hydrogen-bond donors (Lipinski definition) is 2. The molecule has 0 spiro atoms. The van der Waals surface area contributed by atoms with Crippen molar-refractivity contribution in [3.05, 3.63) is 18.0 Å². The maximum Gasteiger partial charge on any atom is 0.317 e. The van der Waals surface area contributed by atoms with Crippen molar-refractivity contribution in [3.63, 3.8) is 0 Å². The highest BCUT2D eigenvalue weighted by Crippen LogP contribution is 2.15. The molecule has 6 heteroatoms. The largest absolute Gasteiger partial charge is 0.396 e. The molecule has 1 aliphatic rings. The molecule has 1 atom stereocenters. The van der Waals surface area contributed by atoms with Crippen LogP contribution in [0.5, 0.6) is 0 Å². The molecule has 2 rings (SSSR count). The smallest absolute Gasteiger partial charge is 0.317 e. The van der Waals surface area contributed by atoms with Crippen LogP contribution in [0.4, 0.5) is 4.79 Å². The lowest BCUT2D eigenvalue weighted by Gasteiger charge is -2.16. The molecule has 2 heterocycles. The van der Waals surface area contributed by atoms with Gasteiger partial charge >= 0.3 is 6.03 Å². The van der Waals surface area contributed by atoms with Crippen molar-refractivity contribution < 1.29 is 9.90 Å². The zero-order chi connectivity index (χ0) is 13.0. The van der Waals surface area contributed by atoms with Crippen molar-refractivity contribution in [2.45, 2.75) is 26.4 Å². The van der Waals surface area contributed by atoms with Gasteiger partial charge in [0, 0.05) is 50.5 Å². The molecular formula is C12H20N4O2. The normalized spacial score (nSPS) is 19.2. The van der Waals surface area contributed by atoms with Gasteiger partial charge in [-0.1, -0.05) is 0 Å². The summed E-state index contributed by atoms with van der Waals surface area (Å²) in [6, 6.07) is -0.0600. The third-order valence-corrected chi connectivity index (χ3v) is 3.29. The minimum Gasteiger partial charge on any atom is -0.396 e. The lowest BCUT2D eigenvalue weighted by Crippen LogP contribution is -2.38. The van der Waals surface area contributed by atoms with Gasteiger partial charge in [-0.2, -0.15) is 5.10 Å². The molecule has 18 heavy (non-hydrogen) atoms. The summed E-state index contributed by atoms with van der Waals surface area (Å²) in [6.45, 7) is 4.89. The number of hydrogen-bond acceptors (Lipinski definition) is 3. The van der Waals surface area contributed by atoms with Crippen LogP contribution in [0.15, 0.2) is 12.4 Å². The van der Waals surface area contributed by atoms with E-state index in [0.717, 1.165) is 25.1 Å². The van der Waals surface area contributed by atoms with Crippen LogP contribution in [0.2, 0.25) is 0 Å². The summed E-state index contributed by atoms with van der Waals surface area (Å²) in [7, 11) is 0. The summed E-state index contributed by atoms with van der Waals surface area (Å²) in [5.41, 5.74) is 1.00. The Hall–Kier alpha value is -1.56. The zero-order valence-corrected chi connectivity index (χ0v) is 10.7. The number of likely N-dealkylation sites (tertiary alicyclic amines) is 1. The minimum absolute atomic E-state index is 0.0600. The first-order chi connectivity index (χ1) is 8.72. The molecule has 1 aliphatic heterocycles. The highest BCUT2D eigenvalue weighted by molar-refractivity contribution is 5.74. The molecule has 1 fully saturated rings. The second-order valence-corrected chi connectivity index (χ2v) is 4.65. The number of nitrogens with one attached hydrogen (secondary N) is 1. The van der Waals surface area contributed by atoms with Crippen LogP contribution >= 0.6 is 0 Å². The Kier molecular flexibility index (Phi) is 4.19. The number of urea groups is 1. The van der Waals surface area contributed by atoms with E-state index in [0.29, 0.717) is 13.1 Å². The van der Waals surface area contributed by atoms with Gasteiger partial charge < -0.3 is 15.3 Å². The molecule has 1 aromatic rings. The van der Waals surface area contributed by atoms with Gasteiger partial charge in [-0.05, 0) is 13.3 Å². The predicted molar refractivity (Wildman–Crippen MR) is 66.9 cm³/mol. The van der Waals surface area contributed by atoms with Crippen LogP contribution in [0.1, 0.15) is 18.9 Å². The summed E-state index contributed by atoms with van der Waals surface area (Å²) in [6.07, 6.45) is 4.59. The summed E-state index contributed by atoms with van der Waals surface area (Å²) in [4.78, 5) is 13.6. The Morgan fingerprint density at radius 1 is 1.67 bits per heavy atom. The monoisotopic (exact) mass is 252 g/mol. The number of carbonyl (C=O) groups excluding carboxylic acids is 1. The number of carbonyl (C=O) groups is 1. The van der Waals surface area contributed by atoms with Crippen molar-refractivity contribution in [2.24, 2.45) is 5.92 Å². The van der Waals surface area contributed by atoms with Crippen LogP contribution in [-0.4, -0.2) is 45.5 Å². The summed E-state index contributed by atoms with van der Waals surface area (Å²) >= 11 is 0. The molecular weight excluding hydrogens is 232 g/mol. The van der Waals surface area contributed by atoms with Gasteiger partial charge in [0.25, 0.3) is 0 Å². The van der Waals surface area contributed by atoms with Crippen LogP contribution in [-0.2, 0) is 13.1 Å². The summed E-state index contributed by atoms with van der Waals surface area (Å²) in [5.74, 6) is 0.235. The molecule has 0 aromatic carbocycles. The topological polar surface area (TPSA) is 70.4 Å².